The Bertz CT molecular complexity index is 391. The van der Waals surface area contributed by atoms with Gasteiger partial charge in [-0.3, -0.25) is 10.1 Å². The van der Waals surface area contributed by atoms with Gasteiger partial charge in [-0.25, -0.2) is 9.78 Å². The number of carbonyl (C=O) groups is 1. The molecule has 1 atom stereocenters. The molecule has 15 heavy (non-hydrogen) atoms. The van der Waals surface area contributed by atoms with E-state index in [9.17, 15) is 14.9 Å². The van der Waals surface area contributed by atoms with Crippen molar-refractivity contribution in [3.8, 4) is 0 Å². The summed E-state index contributed by atoms with van der Waals surface area (Å²) in [5, 5.41) is 19.3. The molecule has 0 fully saturated rings. The predicted octanol–water partition coefficient (Wildman–Crippen LogP) is 0.961. The van der Waals surface area contributed by atoms with Gasteiger partial charge in [0.1, 0.15) is 12.2 Å². The minimum absolute atomic E-state index is 0.102. The molecule has 1 N–H and O–H groups in total. The molecule has 0 aliphatic heterocycles. The van der Waals surface area contributed by atoms with Gasteiger partial charge in [0.25, 0.3) is 0 Å². The highest BCUT2D eigenvalue weighted by Gasteiger charge is 2.22. The van der Waals surface area contributed by atoms with Crippen LogP contribution in [-0.2, 0) is 4.79 Å². The molecule has 0 amide bonds. The van der Waals surface area contributed by atoms with E-state index in [0.29, 0.717) is 5.13 Å². The number of nitrogens with zero attached hydrogens (tertiary/aromatic N) is 3. The molecule has 0 spiro atoms. The number of hydrogen-bond donors (Lipinski definition) is 1. The van der Waals surface area contributed by atoms with Gasteiger partial charge >= 0.3 is 11.0 Å². The van der Waals surface area contributed by atoms with Crippen molar-refractivity contribution < 1.29 is 14.8 Å². The lowest BCUT2D eigenvalue weighted by atomic mass is 10.3. The molecule has 0 aliphatic carbocycles. The first-order valence-electron chi connectivity index (χ1n) is 3.99. The number of hydrogen-bond acceptors (Lipinski definition) is 6. The third-order valence-corrected chi connectivity index (χ3v) is 2.94. The first-order chi connectivity index (χ1) is 6.93. The number of carboxylic acid groups (broad SMARTS) is 1. The van der Waals surface area contributed by atoms with Crippen molar-refractivity contribution in [3.05, 3.63) is 16.3 Å². The van der Waals surface area contributed by atoms with E-state index in [1.165, 1.54) is 18.9 Å². The van der Waals surface area contributed by atoms with E-state index in [1.807, 2.05) is 0 Å². The molecular formula is C7H9N3O4S. The summed E-state index contributed by atoms with van der Waals surface area (Å²) in [5.74, 6) is -1.00. The molecular weight excluding hydrogens is 222 g/mol. The zero-order chi connectivity index (χ0) is 11.6. The fraction of sp³-hybridized carbons (Fsp3) is 0.429. The van der Waals surface area contributed by atoms with Crippen LogP contribution in [0.1, 0.15) is 6.92 Å². The maximum Gasteiger partial charge on any atom is 0.345 e. The highest BCUT2D eigenvalue weighted by Crippen LogP contribution is 2.28. The van der Waals surface area contributed by atoms with Gasteiger partial charge in [-0.05, 0) is 18.3 Å². The summed E-state index contributed by atoms with van der Waals surface area (Å²) in [6.07, 6.45) is 1.12. The van der Waals surface area contributed by atoms with Crippen molar-refractivity contribution >= 4 is 27.4 Å². The highest BCUT2D eigenvalue weighted by molar-refractivity contribution is 7.18. The molecule has 0 saturated heterocycles. The van der Waals surface area contributed by atoms with E-state index in [0.717, 1.165) is 17.5 Å². The van der Waals surface area contributed by atoms with Gasteiger partial charge in [0, 0.05) is 7.05 Å². The minimum atomic E-state index is -1.00. The van der Waals surface area contributed by atoms with Gasteiger partial charge in [-0.15, -0.1) is 0 Å². The Hall–Kier alpha value is -1.70. The van der Waals surface area contributed by atoms with Crippen LogP contribution in [0.2, 0.25) is 0 Å². The Kier molecular flexibility index (Phi) is 3.20. The van der Waals surface area contributed by atoms with E-state index in [1.54, 1.807) is 0 Å². The molecule has 0 radical (unpaired) electrons. The Labute approximate surface area is 89.1 Å². The summed E-state index contributed by atoms with van der Waals surface area (Å²) in [6.45, 7) is 1.48. The Balaban J connectivity index is 2.87. The fourth-order valence-electron chi connectivity index (χ4n) is 0.835. The van der Waals surface area contributed by atoms with Crippen LogP contribution in [0.3, 0.4) is 0 Å². The van der Waals surface area contributed by atoms with Crippen LogP contribution in [0, 0.1) is 10.1 Å². The monoisotopic (exact) mass is 231 g/mol. The van der Waals surface area contributed by atoms with Crippen molar-refractivity contribution in [3.63, 3.8) is 0 Å². The molecule has 7 nitrogen and oxygen atoms in total. The molecule has 82 valence electrons. The van der Waals surface area contributed by atoms with Crippen molar-refractivity contribution in [1.82, 2.24) is 4.98 Å². The number of nitro groups is 1. The third-order valence-electron chi connectivity index (χ3n) is 1.90. The van der Waals surface area contributed by atoms with Crippen molar-refractivity contribution in [2.45, 2.75) is 13.0 Å². The normalized spacial score (nSPS) is 12.1. The number of carboxylic acids is 1. The summed E-state index contributed by atoms with van der Waals surface area (Å²) >= 11 is 0.847. The third kappa shape index (κ3) is 2.40. The lowest BCUT2D eigenvalue weighted by molar-refractivity contribution is -0.380. The summed E-state index contributed by atoms with van der Waals surface area (Å²) in [5.41, 5.74) is 0. The van der Waals surface area contributed by atoms with Crippen molar-refractivity contribution in [2.24, 2.45) is 0 Å². The van der Waals surface area contributed by atoms with Crippen LogP contribution >= 0.6 is 11.3 Å². The first-order valence-corrected chi connectivity index (χ1v) is 4.81. The van der Waals surface area contributed by atoms with Gasteiger partial charge in [-0.2, -0.15) is 0 Å². The van der Waals surface area contributed by atoms with Gasteiger partial charge in [0.2, 0.25) is 0 Å². The largest absolute Gasteiger partial charge is 0.480 e. The molecule has 0 bridgehead atoms. The average molecular weight is 231 g/mol. The second kappa shape index (κ2) is 4.22. The van der Waals surface area contributed by atoms with Gasteiger partial charge in [0.15, 0.2) is 5.13 Å². The Morgan fingerprint density at radius 3 is 2.80 bits per heavy atom. The number of rotatable bonds is 4. The molecule has 1 rings (SSSR count). The zero-order valence-electron chi connectivity index (χ0n) is 8.08. The smallest absolute Gasteiger partial charge is 0.345 e. The number of aromatic nitrogens is 1. The summed E-state index contributed by atoms with van der Waals surface area (Å²) in [6, 6.07) is -0.768. The first kappa shape index (κ1) is 11.4. The van der Waals surface area contributed by atoms with E-state index in [-0.39, 0.29) is 5.00 Å². The molecule has 1 aromatic heterocycles. The van der Waals surface area contributed by atoms with E-state index >= 15 is 0 Å². The van der Waals surface area contributed by atoms with Crippen molar-refractivity contribution in [1.29, 1.82) is 0 Å². The van der Waals surface area contributed by atoms with Crippen molar-refractivity contribution in [2.75, 3.05) is 11.9 Å². The molecule has 0 saturated carbocycles. The summed E-state index contributed by atoms with van der Waals surface area (Å²) < 4.78 is 0. The van der Waals surface area contributed by atoms with E-state index in [2.05, 4.69) is 4.98 Å². The molecule has 1 heterocycles. The van der Waals surface area contributed by atoms with Crippen LogP contribution in [0.4, 0.5) is 10.1 Å². The fourth-order valence-corrected chi connectivity index (χ4v) is 1.61. The van der Waals surface area contributed by atoms with E-state index < -0.39 is 16.9 Å². The number of aliphatic carboxylic acids is 1. The number of thiazole rings is 1. The lowest BCUT2D eigenvalue weighted by Crippen LogP contribution is -2.35. The van der Waals surface area contributed by atoms with Gasteiger partial charge in [-0.1, -0.05) is 0 Å². The van der Waals surface area contributed by atoms with Crippen LogP contribution in [0.15, 0.2) is 6.20 Å². The van der Waals surface area contributed by atoms with E-state index in [4.69, 9.17) is 5.11 Å². The number of anilines is 1. The molecule has 1 unspecified atom stereocenters. The maximum atomic E-state index is 10.7. The Morgan fingerprint density at radius 2 is 2.40 bits per heavy atom. The highest BCUT2D eigenvalue weighted by atomic mass is 32.1. The zero-order valence-corrected chi connectivity index (χ0v) is 8.89. The predicted molar refractivity (Wildman–Crippen MR) is 54.3 cm³/mol. The average Bonchev–Trinajstić information content (AvgIpc) is 2.64. The second-order valence-electron chi connectivity index (χ2n) is 2.86. The Morgan fingerprint density at radius 1 is 1.80 bits per heavy atom. The topological polar surface area (TPSA) is 96.6 Å². The SMILES string of the molecule is CC(C(=O)O)N(C)c1ncc([N+](=O)[O-])s1. The molecule has 0 aromatic carbocycles. The molecule has 0 aliphatic rings. The second-order valence-corrected chi connectivity index (χ2v) is 3.85. The van der Waals surface area contributed by atoms with Crippen LogP contribution in [0.5, 0.6) is 0 Å². The summed E-state index contributed by atoms with van der Waals surface area (Å²) in [7, 11) is 1.53. The lowest BCUT2D eigenvalue weighted by Gasteiger charge is -2.19. The standard InChI is InChI=1S/C7H9N3O4S/c1-4(6(11)12)9(2)7-8-3-5(15-7)10(13)14/h3-4H,1-2H3,(H,11,12). The number of likely N-dealkylation sites (N-methyl/N-ethyl adjacent to an activating group) is 1. The quantitative estimate of drug-likeness (QED) is 0.612. The van der Waals surface area contributed by atoms with Crippen LogP contribution in [0.25, 0.3) is 0 Å². The molecule has 8 heteroatoms. The maximum absolute atomic E-state index is 10.7. The van der Waals surface area contributed by atoms with Gasteiger partial charge < -0.3 is 10.0 Å². The van der Waals surface area contributed by atoms with Crippen LogP contribution < -0.4 is 4.90 Å². The molecule has 1 aromatic rings. The minimum Gasteiger partial charge on any atom is -0.480 e. The van der Waals surface area contributed by atoms with Crippen LogP contribution in [-0.4, -0.2) is 34.1 Å². The van der Waals surface area contributed by atoms with Gasteiger partial charge in [0.05, 0.1) is 4.92 Å². The summed E-state index contributed by atoms with van der Waals surface area (Å²) in [4.78, 5) is 25.6.